The number of imidazole rings is 1. The van der Waals surface area contributed by atoms with Crippen molar-refractivity contribution in [3.05, 3.63) is 48.6 Å². The van der Waals surface area contributed by atoms with Gasteiger partial charge in [0.1, 0.15) is 0 Å². The van der Waals surface area contributed by atoms with Gasteiger partial charge in [-0.05, 0) is 0 Å². The lowest BCUT2D eigenvalue weighted by Crippen LogP contribution is -2.46. The van der Waals surface area contributed by atoms with E-state index >= 15 is 0 Å². The molecule has 2 aromatic heterocycles. The summed E-state index contributed by atoms with van der Waals surface area (Å²) in [5.74, 6) is 2.34. The molecule has 0 saturated carbocycles. The van der Waals surface area contributed by atoms with Gasteiger partial charge in [-0.1, -0.05) is 35.5 Å². The van der Waals surface area contributed by atoms with Crippen molar-refractivity contribution < 1.29 is 4.52 Å². The molecule has 7 nitrogen and oxygen atoms in total. The summed E-state index contributed by atoms with van der Waals surface area (Å²) in [7, 11) is 2.03. The molecule has 0 bridgehead atoms. The van der Waals surface area contributed by atoms with Gasteiger partial charge in [0.05, 0.1) is 6.54 Å². The highest BCUT2D eigenvalue weighted by Gasteiger charge is 2.21. The summed E-state index contributed by atoms with van der Waals surface area (Å²) in [6, 6.07) is 9.90. The maximum atomic E-state index is 5.41. The molecule has 0 radical (unpaired) electrons. The minimum Gasteiger partial charge on any atom is -0.340 e. The second kappa shape index (κ2) is 6.45. The summed E-state index contributed by atoms with van der Waals surface area (Å²) in [5, 5.41) is 4.08. The maximum absolute atomic E-state index is 5.41. The molecule has 3 aromatic rings. The second-order valence-corrected chi connectivity index (χ2v) is 5.98. The van der Waals surface area contributed by atoms with E-state index in [9.17, 15) is 0 Å². The zero-order chi connectivity index (χ0) is 16.4. The Morgan fingerprint density at radius 1 is 1.08 bits per heavy atom. The van der Waals surface area contributed by atoms with Crippen molar-refractivity contribution in [1.82, 2.24) is 24.6 Å². The standard InChI is InChI=1S/C17H20N6O/c1-21-8-7-18-17(21)23-11-9-22(10-12-23)13-15-19-16(20-24-15)14-5-3-2-4-6-14/h2-8H,9-13H2,1H3. The molecule has 1 aromatic carbocycles. The second-order valence-electron chi connectivity index (χ2n) is 5.98. The lowest BCUT2D eigenvalue weighted by Gasteiger charge is -2.34. The van der Waals surface area contributed by atoms with E-state index in [0.29, 0.717) is 18.3 Å². The van der Waals surface area contributed by atoms with Crippen molar-refractivity contribution in [3.63, 3.8) is 0 Å². The summed E-state index contributed by atoms with van der Waals surface area (Å²) < 4.78 is 7.46. The number of rotatable bonds is 4. The molecule has 0 atom stereocenters. The quantitative estimate of drug-likeness (QED) is 0.729. The molecule has 124 valence electrons. The van der Waals surface area contributed by atoms with Crippen LogP contribution in [0.15, 0.2) is 47.2 Å². The van der Waals surface area contributed by atoms with Crippen LogP contribution in [0.2, 0.25) is 0 Å². The first kappa shape index (κ1) is 14.9. The predicted octanol–water partition coefficient (Wildman–Crippen LogP) is 1.79. The summed E-state index contributed by atoms with van der Waals surface area (Å²) >= 11 is 0. The van der Waals surface area contributed by atoms with E-state index in [2.05, 4.69) is 29.5 Å². The van der Waals surface area contributed by atoms with Gasteiger partial charge in [0.2, 0.25) is 17.7 Å². The number of aryl methyl sites for hydroxylation is 1. The largest absolute Gasteiger partial charge is 0.340 e. The van der Waals surface area contributed by atoms with Crippen LogP contribution in [0.4, 0.5) is 5.95 Å². The summed E-state index contributed by atoms with van der Waals surface area (Å²) in [4.78, 5) is 13.6. The van der Waals surface area contributed by atoms with Gasteiger partial charge in [0.25, 0.3) is 0 Å². The average molecular weight is 324 g/mol. The minimum atomic E-state index is 0.650. The molecule has 1 aliphatic heterocycles. The molecular formula is C17H20N6O. The molecule has 3 heterocycles. The van der Waals surface area contributed by atoms with Gasteiger partial charge in [-0.3, -0.25) is 4.90 Å². The van der Waals surface area contributed by atoms with Crippen LogP contribution in [-0.2, 0) is 13.6 Å². The van der Waals surface area contributed by atoms with Crippen molar-refractivity contribution in [1.29, 1.82) is 0 Å². The van der Waals surface area contributed by atoms with E-state index in [1.165, 1.54) is 0 Å². The minimum absolute atomic E-state index is 0.650. The first-order chi connectivity index (χ1) is 11.8. The maximum Gasteiger partial charge on any atom is 0.241 e. The normalized spacial score (nSPS) is 15.8. The third kappa shape index (κ3) is 3.03. The number of anilines is 1. The third-order valence-electron chi connectivity index (χ3n) is 4.31. The zero-order valence-electron chi connectivity index (χ0n) is 13.7. The van der Waals surface area contributed by atoms with Crippen molar-refractivity contribution in [2.24, 2.45) is 7.05 Å². The van der Waals surface area contributed by atoms with Gasteiger partial charge < -0.3 is 14.0 Å². The third-order valence-corrected chi connectivity index (χ3v) is 4.31. The predicted molar refractivity (Wildman–Crippen MR) is 90.4 cm³/mol. The van der Waals surface area contributed by atoms with Crippen LogP contribution >= 0.6 is 0 Å². The van der Waals surface area contributed by atoms with Crippen LogP contribution in [0.25, 0.3) is 11.4 Å². The first-order valence-electron chi connectivity index (χ1n) is 8.12. The zero-order valence-corrected chi connectivity index (χ0v) is 13.7. The molecule has 0 amide bonds. The molecule has 4 rings (SSSR count). The van der Waals surface area contributed by atoms with Crippen LogP contribution in [-0.4, -0.2) is 50.8 Å². The highest BCUT2D eigenvalue weighted by molar-refractivity contribution is 5.53. The molecule has 0 N–H and O–H groups in total. The monoisotopic (exact) mass is 324 g/mol. The van der Waals surface area contributed by atoms with Gasteiger partial charge in [0.15, 0.2) is 0 Å². The highest BCUT2D eigenvalue weighted by Crippen LogP contribution is 2.17. The Labute approximate surface area is 140 Å². The van der Waals surface area contributed by atoms with Crippen molar-refractivity contribution >= 4 is 5.95 Å². The van der Waals surface area contributed by atoms with Crippen LogP contribution in [0.5, 0.6) is 0 Å². The number of hydrogen-bond acceptors (Lipinski definition) is 6. The van der Waals surface area contributed by atoms with E-state index in [1.54, 1.807) is 0 Å². The Hall–Kier alpha value is -2.67. The van der Waals surface area contributed by atoms with E-state index in [1.807, 2.05) is 49.8 Å². The summed E-state index contributed by atoms with van der Waals surface area (Å²) in [6.07, 6.45) is 3.82. The number of nitrogens with zero attached hydrogens (tertiary/aromatic N) is 6. The molecule has 1 fully saturated rings. The number of benzene rings is 1. The number of piperazine rings is 1. The Morgan fingerprint density at radius 2 is 1.88 bits per heavy atom. The smallest absolute Gasteiger partial charge is 0.241 e. The van der Waals surface area contributed by atoms with Gasteiger partial charge in [0, 0.05) is 51.2 Å². The van der Waals surface area contributed by atoms with E-state index in [0.717, 1.165) is 37.7 Å². The van der Waals surface area contributed by atoms with Crippen molar-refractivity contribution in [2.45, 2.75) is 6.54 Å². The molecule has 0 aliphatic carbocycles. The topological polar surface area (TPSA) is 63.2 Å². The Bertz CT molecular complexity index is 788. The van der Waals surface area contributed by atoms with Crippen LogP contribution in [0, 0.1) is 0 Å². The molecule has 1 aliphatic rings. The van der Waals surface area contributed by atoms with E-state index in [4.69, 9.17) is 4.52 Å². The van der Waals surface area contributed by atoms with E-state index < -0.39 is 0 Å². The lowest BCUT2D eigenvalue weighted by atomic mass is 10.2. The number of aromatic nitrogens is 4. The van der Waals surface area contributed by atoms with Crippen LogP contribution in [0.1, 0.15) is 5.89 Å². The van der Waals surface area contributed by atoms with Gasteiger partial charge in [-0.15, -0.1) is 0 Å². The van der Waals surface area contributed by atoms with Crippen molar-refractivity contribution in [3.8, 4) is 11.4 Å². The lowest BCUT2D eigenvalue weighted by molar-refractivity contribution is 0.214. The summed E-state index contributed by atoms with van der Waals surface area (Å²) in [5.41, 5.74) is 0.979. The van der Waals surface area contributed by atoms with Gasteiger partial charge in [-0.2, -0.15) is 4.98 Å². The van der Waals surface area contributed by atoms with Crippen molar-refractivity contribution in [2.75, 3.05) is 31.1 Å². The van der Waals surface area contributed by atoms with E-state index in [-0.39, 0.29) is 0 Å². The molecule has 1 saturated heterocycles. The Balaban J connectivity index is 1.36. The van der Waals surface area contributed by atoms with Gasteiger partial charge >= 0.3 is 0 Å². The van der Waals surface area contributed by atoms with Crippen LogP contribution in [0.3, 0.4) is 0 Å². The fourth-order valence-corrected chi connectivity index (χ4v) is 2.98. The molecular weight excluding hydrogens is 304 g/mol. The fraction of sp³-hybridized carbons (Fsp3) is 0.353. The first-order valence-corrected chi connectivity index (χ1v) is 8.12. The number of hydrogen-bond donors (Lipinski definition) is 0. The summed E-state index contributed by atoms with van der Waals surface area (Å²) in [6.45, 7) is 4.50. The fourth-order valence-electron chi connectivity index (χ4n) is 2.98. The Morgan fingerprint density at radius 3 is 2.58 bits per heavy atom. The molecule has 7 heteroatoms. The Kier molecular flexibility index (Phi) is 4.00. The van der Waals surface area contributed by atoms with Gasteiger partial charge in [-0.25, -0.2) is 4.98 Å². The molecule has 24 heavy (non-hydrogen) atoms. The highest BCUT2D eigenvalue weighted by atomic mass is 16.5. The SMILES string of the molecule is Cn1ccnc1N1CCN(Cc2nc(-c3ccccc3)no2)CC1. The van der Waals surface area contributed by atoms with Crippen LogP contribution < -0.4 is 4.90 Å². The molecule has 0 spiro atoms. The molecule has 0 unspecified atom stereocenters. The average Bonchev–Trinajstić information content (AvgIpc) is 3.26.